The van der Waals surface area contributed by atoms with E-state index < -0.39 is 22.0 Å². The first-order chi connectivity index (χ1) is 19.0. The Kier molecular flexibility index (Phi) is 7.70. The van der Waals surface area contributed by atoms with Gasteiger partial charge < -0.3 is 19.9 Å². The number of carbonyl (C=O) groups excluding carboxylic acids is 1. The first kappa shape index (κ1) is 27.9. The Balaban J connectivity index is 1.27. The summed E-state index contributed by atoms with van der Waals surface area (Å²) in [5.74, 6) is -0.698. The summed E-state index contributed by atoms with van der Waals surface area (Å²) in [5, 5.41) is 13.2. The second kappa shape index (κ2) is 11.1. The average Bonchev–Trinajstić information content (AvgIpc) is 3.31. The molecular weight excluding hydrogens is 530 g/mol. The van der Waals surface area contributed by atoms with Crippen LogP contribution in [0.3, 0.4) is 0 Å². The fraction of sp³-hybridized carbons (Fsp3) is 0.414. The molecule has 1 amide bonds. The van der Waals surface area contributed by atoms with Crippen LogP contribution < -0.4 is 10.0 Å². The number of aliphatic carboxylic acids is 1. The molecule has 11 heteroatoms. The summed E-state index contributed by atoms with van der Waals surface area (Å²) in [6.45, 7) is 6.68. The zero-order valence-corrected chi connectivity index (χ0v) is 23.8. The zero-order valence-electron chi connectivity index (χ0n) is 23.0. The van der Waals surface area contributed by atoms with Crippen molar-refractivity contribution in [2.75, 3.05) is 25.0 Å². The minimum absolute atomic E-state index is 0.0667. The highest BCUT2D eigenvalue weighted by atomic mass is 32.2. The number of carboxylic acid groups (broad SMARTS) is 1. The van der Waals surface area contributed by atoms with E-state index in [4.69, 9.17) is 4.98 Å². The molecule has 0 bridgehead atoms. The minimum atomic E-state index is -4.13. The van der Waals surface area contributed by atoms with Crippen LogP contribution in [0.25, 0.3) is 0 Å². The third kappa shape index (κ3) is 5.75. The molecule has 2 aliphatic heterocycles. The molecule has 3 aromatic rings. The molecule has 40 heavy (non-hydrogen) atoms. The highest BCUT2D eigenvalue weighted by Gasteiger charge is 2.33. The molecule has 1 atom stereocenters. The number of aromatic nitrogens is 2. The maximum absolute atomic E-state index is 13.3. The second-order valence-corrected chi connectivity index (χ2v) is 12.4. The first-order valence-electron chi connectivity index (χ1n) is 13.6. The predicted octanol–water partition coefficient (Wildman–Crippen LogP) is 2.84. The first-order valence-corrected chi connectivity index (χ1v) is 15.0. The van der Waals surface area contributed by atoms with Crippen LogP contribution in [0.15, 0.2) is 41.4 Å². The van der Waals surface area contributed by atoms with Crippen molar-refractivity contribution < 1.29 is 23.1 Å². The van der Waals surface area contributed by atoms with E-state index in [1.54, 1.807) is 26.0 Å². The number of rotatable bonds is 9. The number of aryl methyl sites for hydroxylation is 6. The van der Waals surface area contributed by atoms with Crippen molar-refractivity contribution in [1.29, 1.82) is 0 Å². The van der Waals surface area contributed by atoms with Crippen LogP contribution in [0.1, 0.15) is 50.4 Å². The smallest absolute Gasteiger partial charge is 0.323 e. The topological polar surface area (TPSA) is 134 Å². The summed E-state index contributed by atoms with van der Waals surface area (Å²) < 4.78 is 30.6. The monoisotopic (exact) mass is 565 g/mol. The number of carboxylic acids is 1. The lowest BCUT2D eigenvalue weighted by Crippen LogP contribution is -2.52. The number of hydrogen-bond donors (Lipinski definition) is 3. The molecular formula is C29H35N5O5S. The maximum Gasteiger partial charge on any atom is 0.323 e. The van der Waals surface area contributed by atoms with Gasteiger partial charge in [0.25, 0.3) is 5.91 Å². The zero-order chi connectivity index (χ0) is 28.6. The number of benzene rings is 1. The van der Waals surface area contributed by atoms with Crippen molar-refractivity contribution in [2.24, 2.45) is 0 Å². The normalized spacial score (nSPS) is 15.8. The van der Waals surface area contributed by atoms with Gasteiger partial charge in [0.1, 0.15) is 17.6 Å². The van der Waals surface area contributed by atoms with Crippen molar-refractivity contribution >= 4 is 27.7 Å². The quantitative estimate of drug-likeness (QED) is 0.363. The predicted molar refractivity (Wildman–Crippen MR) is 151 cm³/mol. The lowest BCUT2D eigenvalue weighted by Gasteiger charge is -2.30. The van der Waals surface area contributed by atoms with E-state index >= 15 is 0 Å². The Morgan fingerprint density at radius 3 is 2.60 bits per heavy atom. The Morgan fingerprint density at radius 2 is 1.88 bits per heavy atom. The molecule has 0 saturated heterocycles. The van der Waals surface area contributed by atoms with E-state index in [1.807, 2.05) is 23.8 Å². The van der Waals surface area contributed by atoms with Gasteiger partial charge in [-0.25, -0.2) is 13.4 Å². The van der Waals surface area contributed by atoms with Crippen molar-refractivity contribution in [3.8, 4) is 0 Å². The molecule has 4 heterocycles. The van der Waals surface area contributed by atoms with Crippen LogP contribution in [-0.2, 0) is 40.6 Å². The Bertz CT molecular complexity index is 1560. The summed E-state index contributed by atoms with van der Waals surface area (Å²) in [6.07, 6.45) is 5.56. The third-order valence-electron chi connectivity index (χ3n) is 7.56. The Hall–Kier alpha value is -3.70. The van der Waals surface area contributed by atoms with Gasteiger partial charge in [0.05, 0.1) is 4.90 Å². The van der Waals surface area contributed by atoms with Gasteiger partial charge in [0, 0.05) is 38.1 Å². The number of carbonyl (C=O) groups is 2. The number of pyridine rings is 1. The Labute approximate surface area is 234 Å². The molecule has 0 spiro atoms. The second-order valence-electron chi connectivity index (χ2n) is 10.8. The van der Waals surface area contributed by atoms with Crippen LogP contribution >= 0.6 is 0 Å². The molecule has 0 unspecified atom stereocenters. The Morgan fingerprint density at radius 1 is 1.12 bits per heavy atom. The van der Waals surface area contributed by atoms with Gasteiger partial charge in [-0.2, -0.15) is 4.72 Å². The molecule has 0 radical (unpaired) electrons. The fourth-order valence-electron chi connectivity index (χ4n) is 5.74. The molecule has 0 saturated carbocycles. The molecule has 2 aliphatic rings. The number of nitrogens with one attached hydrogen (secondary N) is 2. The SMILES string of the molecule is Cc1cc(C)c(S(=O)(=O)N[C@@H](CN2CCn3cc(CCc4ccc5c(n4)NCCC5)cc3C2=O)C(=O)O)c(C)c1. The van der Waals surface area contributed by atoms with Crippen LogP contribution in [0.4, 0.5) is 5.82 Å². The van der Waals surface area contributed by atoms with Crippen LogP contribution in [0.2, 0.25) is 0 Å². The van der Waals surface area contributed by atoms with Crippen molar-refractivity contribution in [1.82, 2.24) is 19.2 Å². The van der Waals surface area contributed by atoms with Gasteiger partial charge in [-0.15, -0.1) is 0 Å². The molecule has 5 rings (SSSR count). The van der Waals surface area contributed by atoms with Crippen LogP contribution in [0, 0.1) is 20.8 Å². The lowest BCUT2D eigenvalue weighted by atomic mass is 10.1. The summed E-state index contributed by atoms with van der Waals surface area (Å²) in [7, 11) is -4.13. The summed E-state index contributed by atoms with van der Waals surface area (Å²) in [6, 6.07) is 8.03. The number of amides is 1. The van der Waals surface area contributed by atoms with Gasteiger partial charge >= 0.3 is 5.97 Å². The summed E-state index contributed by atoms with van der Waals surface area (Å²) in [4.78, 5) is 31.6. The summed E-state index contributed by atoms with van der Waals surface area (Å²) in [5.41, 5.74) is 5.69. The number of fused-ring (bicyclic) bond motifs is 2. The van der Waals surface area contributed by atoms with Gasteiger partial charge in [-0.3, -0.25) is 9.59 Å². The van der Waals surface area contributed by atoms with Crippen molar-refractivity contribution in [3.05, 3.63) is 75.7 Å². The molecule has 3 N–H and O–H groups in total. The van der Waals surface area contributed by atoms with E-state index in [0.717, 1.165) is 48.4 Å². The number of sulfonamides is 1. The highest BCUT2D eigenvalue weighted by Crippen LogP contribution is 2.24. The van der Waals surface area contributed by atoms with E-state index in [2.05, 4.69) is 22.2 Å². The van der Waals surface area contributed by atoms with Gasteiger partial charge in [0.15, 0.2) is 0 Å². The lowest BCUT2D eigenvalue weighted by molar-refractivity contribution is -0.139. The standard InChI is InChI=1S/C29H35N5O5S/c1-18-13-19(2)26(20(3)14-18)40(38,39)32-24(29(36)37)17-34-12-11-33-16-21(15-25(33)28(34)35)6-8-23-9-7-22-5-4-10-30-27(22)31-23/h7,9,13-16,24,32H,4-6,8,10-12,17H2,1-3H3,(H,30,31)(H,36,37)/t24-/m0/s1. The largest absolute Gasteiger partial charge is 0.480 e. The molecule has 10 nitrogen and oxygen atoms in total. The van der Waals surface area contributed by atoms with Crippen LogP contribution in [-0.4, -0.2) is 65.5 Å². The van der Waals surface area contributed by atoms with Gasteiger partial charge in [-0.05, 0) is 80.8 Å². The van der Waals surface area contributed by atoms with Crippen molar-refractivity contribution in [3.63, 3.8) is 0 Å². The van der Waals surface area contributed by atoms with E-state index in [9.17, 15) is 23.1 Å². The third-order valence-corrected chi connectivity index (χ3v) is 9.34. The van der Waals surface area contributed by atoms with E-state index in [0.29, 0.717) is 29.8 Å². The molecule has 2 aromatic heterocycles. The number of anilines is 1. The average molecular weight is 566 g/mol. The van der Waals surface area contributed by atoms with E-state index in [-0.39, 0.29) is 23.9 Å². The highest BCUT2D eigenvalue weighted by molar-refractivity contribution is 7.89. The molecule has 0 aliphatic carbocycles. The van der Waals surface area contributed by atoms with Crippen molar-refractivity contribution in [2.45, 2.75) is 63.9 Å². The summed E-state index contributed by atoms with van der Waals surface area (Å²) >= 11 is 0. The minimum Gasteiger partial charge on any atom is -0.480 e. The molecule has 0 fully saturated rings. The molecule has 1 aromatic carbocycles. The van der Waals surface area contributed by atoms with Gasteiger partial charge in [-0.1, -0.05) is 23.8 Å². The maximum atomic E-state index is 13.3. The molecule has 212 valence electrons. The number of nitrogens with zero attached hydrogens (tertiary/aromatic N) is 3. The van der Waals surface area contributed by atoms with Crippen LogP contribution in [0.5, 0.6) is 0 Å². The fourth-order valence-corrected chi connectivity index (χ4v) is 7.37. The van der Waals surface area contributed by atoms with E-state index in [1.165, 1.54) is 10.5 Å². The number of hydrogen-bond acceptors (Lipinski definition) is 6. The van der Waals surface area contributed by atoms with Gasteiger partial charge in [0.2, 0.25) is 10.0 Å².